The van der Waals surface area contributed by atoms with E-state index in [0.29, 0.717) is 28.3 Å². The van der Waals surface area contributed by atoms with Crippen LogP contribution in [0, 0.1) is 0 Å². The first-order valence-corrected chi connectivity index (χ1v) is 11.7. The lowest BCUT2D eigenvalue weighted by Crippen LogP contribution is -2.29. The molecule has 5 nitrogen and oxygen atoms in total. The topological polar surface area (TPSA) is 62.7 Å². The standard InChI is InChI=1S/C26H23F3N2O3S/c1-16(18-5-7-19(8-6-18)24(32)33)31(14-13-17-3-10-21(34-2)11-4-17)25-30-22-12-9-20(26(27,28)29)15-23(22)35-25/h3-12,15-16H,13-14H2,1-2H3,(H,32,33). The molecule has 0 aliphatic carbocycles. The molecule has 0 aliphatic rings. The Kier molecular flexibility index (Phi) is 6.98. The molecule has 1 aromatic heterocycles. The van der Waals surface area contributed by atoms with Gasteiger partial charge in [0.05, 0.1) is 34.5 Å². The second-order valence-electron chi connectivity index (χ2n) is 8.07. The lowest BCUT2D eigenvalue weighted by atomic mass is 10.0. The number of fused-ring (bicyclic) bond motifs is 1. The van der Waals surface area contributed by atoms with E-state index >= 15 is 0 Å². The van der Waals surface area contributed by atoms with Crippen LogP contribution in [-0.2, 0) is 12.6 Å². The highest BCUT2D eigenvalue weighted by Crippen LogP contribution is 2.37. The molecule has 3 aromatic carbocycles. The Morgan fingerprint density at radius 2 is 1.77 bits per heavy atom. The maximum Gasteiger partial charge on any atom is 0.416 e. The van der Waals surface area contributed by atoms with Crippen LogP contribution in [0.4, 0.5) is 18.3 Å². The van der Waals surface area contributed by atoms with Gasteiger partial charge in [-0.05, 0) is 66.9 Å². The third-order valence-electron chi connectivity index (χ3n) is 5.86. The number of carbonyl (C=O) groups is 1. The first-order chi connectivity index (χ1) is 16.7. The summed E-state index contributed by atoms with van der Waals surface area (Å²) in [7, 11) is 1.60. The molecule has 0 fully saturated rings. The predicted octanol–water partition coefficient (Wildman–Crippen LogP) is 6.83. The molecule has 1 heterocycles. The fraction of sp³-hybridized carbons (Fsp3) is 0.231. The highest BCUT2D eigenvalue weighted by atomic mass is 32.1. The molecule has 9 heteroatoms. The molecular formula is C26H23F3N2O3S. The average Bonchev–Trinajstić information content (AvgIpc) is 3.27. The number of halogens is 3. The summed E-state index contributed by atoms with van der Waals surface area (Å²) in [6, 6.07) is 17.7. The van der Waals surface area contributed by atoms with E-state index in [2.05, 4.69) is 4.98 Å². The second kappa shape index (κ2) is 9.95. The summed E-state index contributed by atoms with van der Waals surface area (Å²) in [6.07, 6.45) is -3.75. The molecule has 1 atom stereocenters. The highest BCUT2D eigenvalue weighted by molar-refractivity contribution is 7.22. The molecule has 1 N–H and O–H groups in total. The minimum absolute atomic E-state index is 0.186. The quantitative estimate of drug-likeness (QED) is 0.287. The number of hydrogen-bond donors (Lipinski definition) is 1. The summed E-state index contributed by atoms with van der Waals surface area (Å²) in [6.45, 7) is 2.52. The largest absolute Gasteiger partial charge is 0.497 e. The Hall–Kier alpha value is -3.59. The van der Waals surface area contributed by atoms with E-state index in [0.717, 1.165) is 29.0 Å². The Morgan fingerprint density at radius 3 is 2.37 bits per heavy atom. The number of alkyl halides is 3. The summed E-state index contributed by atoms with van der Waals surface area (Å²) >= 11 is 1.21. The van der Waals surface area contributed by atoms with Gasteiger partial charge in [-0.3, -0.25) is 0 Å². The fourth-order valence-corrected chi connectivity index (χ4v) is 4.90. The summed E-state index contributed by atoms with van der Waals surface area (Å²) in [5.74, 6) is -0.253. The molecule has 0 aliphatic heterocycles. The SMILES string of the molecule is COc1ccc(CCN(c2nc3ccc(C(F)(F)F)cc3s2)C(C)c2ccc(C(=O)O)cc2)cc1. The number of rotatable bonds is 8. The van der Waals surface area contributed by atoms with Crippen LogP contribution in [0.25, 0.3) is 10.2 Å². The molecule has 182 valence electrons. The van der Waals surface area contributed by atoms with Crippen LogP contribution in [0.15, 0.2) is 66.7 Å². The van der Waals surface area contributed by atoms with Crippen molar-refractivity contribution in [2.45, 2.75) is 25.6 Å². The van der Waals surface area contributed by atoms with Gasteiger partial charge in [0.2, 0.25) is 0 Å². The van der Waals surface area contributed by atoms with Gasteiger partial charge in [0, 0.05) is 6.54 Å². The van der Waals surface area contributed by atoms with Crippen molar-refractivity contribution in [3.05, 3.63) is 89.0 Å². The van der Waals surface area contributed by atoms with Crippen LogP contribution in [0.3, 0.4) is 0 Å². The molecule has 0 amide bonds. The summed E-state index contributed by atoms with van der Waals surface area (Å²) in [5.41, 5.74) is 1.93. The monoisotopic (exact) mass is 500 g/mol. The van der Waals surface area contributed by atoms with Gasteiger partial charge in [0.1, 0.15) is 5.75 Å². The predicted molar refractivity (Wildman–Crippen MR) is 130 cm³/mol. The number of nitrogens with zero attached hydrogens (tertiary/aromatic N) is 2. The Bertz CT molecular complexity index is 1320. The number of methoxy groups -OCH3 is 1. The van der Waals surface area contributed by atoms with Crippen LogP contribution in [0.1, 0.15) is 40.0 Å². The molecular weight excluding hydrogens is 477 g/mol. The number of hydrogen-bond acceptors (Lipinski definition) is 5. The number of aromatic carboxylic acids is 1. The van der Waals surface area contributed by atoms with Crippen molar-refractivity contribution in [3.63, 3.8) is 0 Å². The van der Waals surface area contributed by atoms with E-state index in [-0.39, 0.29) is 11.6 Å². The van der Waals surface area contributed by atoms with Crippen molar-refractivity contribution in [1.29, 1.82) is 0 Å². The fourth-order valence-electron chi connectivity index (χ4n) is 3.79. The summed E-state index contributed by atoms with van der Waals surface area (Å²) in [4.78, 5) is 17.9. The van der Waals surface area contributed by atoms with Gasteiger partial charge in [-0.25, -0.2) is 9.78 Å². The lowest BCUT2D eigenvalue weighted by molar-refractivity contribution is -0.137. The number of ether oxygens (including phenoxy) is 1. The Morgan fingerprint density at radius 1 is 1.09 bits per heavy atom. The second-order valence-corrected chi connectivity index (χ2v) is 9.08. The van der Waals surface area contributed by atoms with Crippen LogP contribution in [0.2, 0.25) is 0 Å². The Labute approximate surface area is 204 Å². The Balaban J connectivity index is 1.67. The van der Waals surface area contributed by atoms with E-state index in [1.165, 1.54) is 17.4 Å². The number of thiazole rings is 1. The smallest absolute Gasteiger partial charge is 0.416 e. The number of carboxylic acid groups (broad SMARTS) is 1. The maximum atomic E-state index is 13.2. The van der Waals surface area contributed by atoms with Crippen LogP contribution < -0.4 is 9.64 Å². The first kappa shape index (κ1) is 24.5. The maximum absolute atomic E-state index is 13.2. The van der Waals surface area contributed by atoms with Crippen molar-refractivity contribution >= 4 is 32.7 Å². The van der Waals surface area contributed by atoms with Gasteiger partial charge in [-0.2, -0.15) is 13.2 Å². The minimum Gasteiger partial charge on any atom is -0.497 e. The van der Waals surface area contributed by atoms with E-state index in [1.54, 1.807) is 31.4 Å². The molecule has 0 radical (unpaired) electrons. The lowest BCUT2D eigenvalue weighted by Gasteiger charge is -2.29. The van der Waals surface area contributed by atoms with Gasteiger partial charge in [0.15, 0.2) is 5.13 Å². The normalized spacial score (nSPS) is 12.5. The average molecular weight is 501 g/mol. The molecule has 0 bridgehead atoms. The zero-order chi connectivity index (χ0) is 25.2. The molecule has 0 saturated carbocycles. The van der Waals surface area contributed by atoms with E-state index in [4.69, 9.17) is 4.74 Å². The van der Waals surface area contributed by atoms with Gasteiger partial charge in [-0.1, -0.05) is 35.6 Å². The molecule has 0 saturated heterocycles. The molecule has 35 heavy (non-hydrogen) atoms. The van der Waals surface area contributed by atoms with Crippen molar-refractivity contribution < 1.29 is 27.8 Å². The summed E-state index contributed by atoms with van der Waals surface area (Å²) in [5, 5.41) is 9.80. The van der Waals surface area contributed by atoms with Gasteiger partial charge < -0.3 is 14.7 Å². The van der Waals surface area contributed by atoms with Crippen molar-refractivity contribution in [3.8, 4) is 5.75 Å². The number of benzene rings is 3. The molecule has 4 rings (SSSR count). The third-order valence-corrected chi connectivity index (χ3v) is 6.91. The van der Waals surface area contributed by atoms with Gasteiger partial charge in [0.25, 0.3) is 0 Å². The third kappa shape index (κ3) is 5.57. The zero-order valence-electron chi connectivity index (χ0n) is 19.0. The van der Waals surface area contributed by atoms with Crippen LogP contribution in [0.5, 0.6) is 5.75 Å². The van der Waals surface area contributed by atoms with E-state index in [1.807, 2.05) is 36.1 Å². The first-order valence-electron chi connectivity index (χ1n) is 10.9. The highest BCUT2D eigenvalue weighted by Gasteiger charge is 2.31. The van der Waals surface area contributed by atoms with Gasteiger partial charge in [-0.15, -0.1) is 0 Å². The number of anilines is 1. The van der Waals surface area contributed by atoms with Crippen molar-refractivity contribution in [2.24, 2.45) is 0 Å². The van der Waals surface area contributed by atoms with Crippen molar-refractivity contribution in [1.82, 2.24) is 4.98 Å². The van der Waals surface area contributed by atoms with Gasteiger partial charge >= 0.3 is 12.1 Å². The van der Waals surface area contributed by atoms with Crippen LogP contribution in [-0.4, -0.2) is 29.7 Å². The number of carboxylic acids is 1. The van der Waals surface area contributed by atoms with E-state index < -0.39 is 17.7 Å². The zero-order valence-corrected chi connectivity index (χ0v) is 19.9. The summed E-state index contributed by atoms with van der Waals surface area (Å²) < 4.78 is 45.3. The van der Waals surface area contributed by atoms with E-state index in [9.17, 15) is 23.1 Å². The molecule has 4 aromatic rings. The molecule has 1 unspecified atom stereocenters. The minimum atomic E-state index is -4.43. The van der Waals surface area contributed by atoms with Crippen LogP contribution >= 0.6 is 11.3 Å². The molecule has 0 spiro atoms. The number of aromatic nitrogens is 1. The van der Waals surface area contributed by atoms with Crippen molar-refractivity contribution in [2.75, 3.05) is 18.6 Å².